The van der Waals surface area contributed by atoms with Crippen LogP contribution in [0.4, 0.5) is 19.3 Å². The third-order valence-electron chi connectivity index (χ3n) is 4.16. The molecule has 1 fully saturated rings. The van der Waals surface area contributed by atoms with E-state index in [1.165, 1.54) is 4.90 Å². The number of nitrogens with one attached hydrogen (secondary N) is 2. The van der Waals surface area contributed by atoms with Gasteiger partial charge in [0.05, 0.1) is 0 Å². The van der Waals surface area contributed by atoms with E-state index in [1.54, 1.807) is 26.6 Å². The number of aromatic nitrogens is 1. The highest BCUT2D eigenvalue weighted by atomic mass is 19.3. The highest BCUT2D eigenvalue weighted by Crippen LogP contribution is 2.26. The minimum Gasteiger partial charge on any atom is -0.388 e. The number of likely N-dealkylation sites (tertiary alicyclic amines) is 1. The molecular formula is C22H34F2N4O3. The van der Waals surface area contributed by atoms with Crippen molar-refractivity contribution in [1.82, 2.24) is 15.2 Å². The molecule has 1 aromatic carbocycles. The number of piperidine rings is 1. The summed E-state index contributed by atoms with van der Waals surface area (Å²) in [5.74, 6) is -2.54. The summed E-state index contributed by atoms with van der Waals surface area (Å²) in [6.45, 7) is 2.85. The van der Waals surface area contributed by atoms with Crippen LogP contribution in [0.1, 0.15) is 26.8 Å². The Labute approximate surface area is 184 Å². The van der Waals surface area contributed by atoms with Gasteiger partial charge in [0, 0.05) is 67.6 Å². The topological polar surface area (TPSA) is 83.6 Å². The number of benzene rings is 1. The molecule has 0 saturated carbocycles. The molecule has 0 atom stereocenters. The maximum atomic E-state index is 12.4. The number of hydrogen-bond donors (Lipinski definition) is 2. The van der Waals surface area contributed by atoms with Gasteiger partial charge in [-0.15, -0.1) is 0 Å². The van der Waals surface area contributed by atoms with Crippen molar-refractivity contribution in [3.05, 3.63) is 59.9 Å². The first kappa shape index (κ1) is 26.0. The van der Waals surface area contributed by atoms with Crippen molar-refractivity contribution in [3.8, 4) is 0 Å². The average molecular weight is 441 g/mol. The Kier molecular flexibility index (Phi) is 11.7. The minimum absolute atomic E-state index is 0. The lowest BCUT2D eigenvalue weighted by Gasteiger charge is -2.28. The number of rotatable bonds is 4. The standard InChI is InChI=1S/C14H15N3O.C6H9F2NO.C2H6O.2H2/c1-11-4-6-13(7-5-11)17-14(18)16-10-12-3-2-8-15-9-12;7-6(8)1-3-9(5-10)4-2-6;1-3-2;;/h2-9H,10H2,1H3,(H2,16,17,18);5H,1-4H2;1-2H3;2*1H. The number of alkyl halides is 2. The van der Waals surface area contributed by atoms with Crippen molar-refractivity contribution in [2.24, 2.45) is 0 Å². The smallest absolute Gasteiger partial charge is 0.319 e. The van der Waals surface area contributed by atoms with Crippen LogP contribution in [0.5, 0.6) is 0 Å². The van der Waals surface area contributed by atoms with Crippen LogP contribution in [0.2, 0.25) is 0 Å². The number of halogens is 2. The molecule has 0 aliphatic carbocycles. The predicted octanol–water partition coefficient (Wildman–Crippen LogP) is 4.34. The summed E-state index contributed by atoms with van der Waals surface area (Å²) < 4.78 is 29.0. The molecule has 3 rings (SSSR count). The quantitative estimate of drug-likeness (QED) is 0.693. The largest absolute Gasteiger partial charge is 0.388 e. The van der Waals surface area contributed by atoms with Crippen LogP contribution in [0, 0.1) is 6.92 Å². The van der Waals surface area contributed by atoms with E-state index >= 15 is 0 Å². The van der Waals surface area contributed by atoms with Crippen LogP contribution < -0.4 is 10.6 Å². The summed E-state index contributed by atoms with van der Waals surface area (Å²) in [6, 6.07) is 11.2. The van der Waals surface area contributed by atoms with Gasteiger partial charge < -0.3 is 20.3 Å². The van der Waals surface area contributed by atoms with Crippen LogP contribution in [0.15, 0.2) is 48.8 Å². The summed E-state index contributed by atoms with van der Waals surface area (Å²) in [5, 5.41) is 5.54. The summed E-state index contributed by atoms with van der Waals surface area (Å²) in [6.07, 6.45) is 3.68. The summed E-state index contributed by atoms with van der Waals surface area (Å²) in [4.78, 5) is 27.0. The fourth-order valence-corrected chi connectivity index (χ4v) is 2.45. The molecule has 1 aliphatic heterocycles. The van der Waals surface area contributed by atoms with Crippen molar-refractivity contribution >= 4 is 18.1 Å². The van der Waals surface area contributed by atoms with Gasteiger partial charge in [-0.2, -0.15) is 0 Å². The lowest BCUT2D eigenvalue weighted by molar-refractivity contribution is -0.124. The maximum absolute atomic E-state index is 12.4. The third-order valence-corrected chi connectivity index (χ3v) is 4.16. The maximum Gasteiger partial charge on any atom is 0.319 e. The number of amides is 3. The van der Waals surface area contributed by atoms with Crippen molar-refractivity contribution in [1.29, 1.82) is 0 Å². The molecule has 2 heterocycles. The number of anilines is 1. The molecule has 2 aromatic rings. The second kappa shape index (κ2) is 14.0. The number of ether oxygens (including phenoxy) is 1. The minimum atomic E-state index is -2.54. The number of carbonyl (C=O) groups is 2. The van der Waals surface area contributed by atoms with Crippen LogP contribution in [0.3, 0.4) is 0 Å². The van der Waals surface area contributed by atoms with E-state index in [4.69, 9.17) is 0 Å². The van der Waals surface area contributed by atoms with Crippen LogP contribution in [-0.2, 0) is 16.1 Å². The average Bonchev–Trinajstić information content (AvgIpc) is 2.76. The molecule has 1 aromatic heterocycles. The first-order valence-corrected chi connectivity index (χ1v) is 9.77. The van der Waals surface area contributed by atoms with Gasteiger partial charge in [-0.05, 0) is 30.7 Å². The Bertz CT molecular complexity index is 775. The van der Waals surface area contributed by atoms with Gasteiger partial charge in [0.1, 0.15) is 0 Å². The Morgan fingerprint density at radius 1 is 1.23 bits per heavy atom. The molecule has 0 unspecified atom stereocenters. The Morgan fingerprint density at radius 3 is 2.35 bits per heavy atom. The van der Waals surface area contributed by atoms with Gasteiger partial charge in [-0.25, -0.2) is 13.6 Å². The van der Waals surface area contributed by atoms with Gasteiger partial charge >= 0.3 is 6.03 Å². The number of hydrogen-bond acceptors (Lipinski definition) is 4. The number of nitrogens with zero attached hydrogens (tertiary/aromatic N) is 2. The molecule has 3 amide bonds. The predicted molar refractivity (Wildman–Crippen MR) is 120 cm³/mol. The molecule has 0 radical (unpaired) electrons. The molecule has 2 N–H and O–H groups in total. The van der Waals surface area contributed by atoms with Gasteiger partial charge in [-0.3, -0.25) is 9.78 Å². The molecule has 0 bridgehead atoms. The number of aryl methyl sites for hydroxylation is 1. The zero-order valence-corrected chi connectivity index (χ0v) is 18.1. The number of carbonyl (C=O) groups excluding carboxylic acids is 2. The number of pyridine rings is 1. The van der Waals surface area contributed by atoms with E-state index < -0.39 is 5.92 Å². The molecular weight excluding hydrogens is 406 g/mol. The number of methoxy groups -OCH3 is 1. The Balaban J connectivity index is 0. The van der Waals surface area contributed by atoms with Gasteiger partial charge in [0.25, 0.3) is 5.92 Å². The molecule has 1 aliphatic rings. The lowest BCUT2D eigenvalue weighted by atomic mass is 10.1. The number of urea groups is 1. The van der Waals surface area contributed by atoms with Crippen molar-refractivity contribution in [2.45, 2.75) is 32.2 Å². The van der Waals surface area contributed by atoms with Crippen LogP contribution in [0.25, 0.3) is 0 Å². The van der Waals surface area contributed by atoms with Gasteiger partial charge in [0.2, 0.25) is 6.41 Å². The van der Waals surface area contributed by atoms with E-state index in [1.807, 2.05) is 43.3 Å². The summed E-state index contributed by atoms with van der Waals surface area (Å²) in [7, 11) is 3.25. The first-order valence-electron chi connectivity index (χ1n) is 9.77. The van der Waals surface area contributed by atoms with Gasteiger partial charge in [-0.1, -0.05) is 23.8 Å². The van der Waals surface area contributed by atoms with Crippen LogP contribution in [-0.4, -0.2) is 55.6 Å². The molecule has 174 valence electrons. The van der Waals surface area contributed by atoms with E-state index in [0.29, 0.717) is 13.0 Å². The monoisotopic (exact) mass is 440 g/mol. The second-order valence-corrected chi connectivity index (χ2v) is 6.94. The molecule has 0 spiro atoms. The SMILES string of the molecule is COC.Cc1ccc(NC(=O)NCc2cccnc2)cc1.O=CN1CCC(F)(F)CC1.[HH].[HH]. The molecule has 9 heteroatoms. The van der Waals surface area contributed by atoms with Gasteiger partial charge in [0.15, 0.2) is 0 Å². The summed E-state index contributed by atoms with van der Waals surface area (Å²) in [5.41, 5.74) is 2.91. The Hall–Kier alpha value is -3.07. The highest BCUT2D eigenvalue weighted by molar-refractivity contribution is 5.89. The van der Waals surface area contributed by atoms with E-state index in [0.717, 1.165) is 16.8 Å². The fraction of sp³-hybridized carbons (Fsp3) is 0.409. The second-order valence-electron chi connectivity index (χ2n) is 6.94. The van der Waals surface area contributed by atoms with Crippen molar-refractivity contribution in [3.63, 3.8) is 0 Å². The molecule has 1 saturated heterocycles. The van der Waals surface area contributed by atoms with E-state index in [2.05, 4.69) is 20.4 Å². The highest BCUT2D eigenvalue weighted by Gasteiger charge is 2.33. The normalized spacial score (nSPS) is 14.2. The zero-order chi connectivity index (χ0) is 23.1. The molecule has 7 nitrogen and oxygen atoms in total. The zero-order valence-electron chi connectivity index (χ0n) is 18.1. The third kappa shape index (κ3) is 11.6. The van der Waals surface area contributed by atoms with E-state index in [-0.39, 0.29) is 34.8 Å². The van der Waals surface area contributed by atoms with Crippen LogP contribution >= 0.6 is 0 Å². The lowest BCUT2D eigenvalue weighted by Crippen LogP contribution is -2.38. The van der Waals surface area contributed by atoms with Crippen molar-refractivity contribution < 1.29 is 26.0 Å². The first-order chi connectivity index (χ1) is 14.8. The fourth-order valence-electron chi connectivity index (χ4n) is 2.45. The van der Waals surface area contributed by atoms with E-state index in [9.17, 15) is 18.4 Å². The Morgan fingerprint density at radius 2 is 1.84 bits per heavy atom. The summed E-state index contributed by atoms with van der Waals surface area (Å²) >= 11 is 0. The van der Waals surface area contributed by atoms with Crippen molar-refractivity contribution in [2.75, 3.05) is 32.6 Å². The molecule has 31 heavy (non-hydrogen) atoms.